The lowest BCUT2D eigenvalue weighted by Gasteiger charge is -1.76. The van der Waals surface area contributed by atoms with Gasteiger partial charge in [0.2, 0.25) is 0 Å². The van der Waals surface area contributed by atoms with Gasteiger partial charge in [0, 0.05) is 40.8 Å². The Balaban J connectivity index is 0.000000187. The summed E-state index contributed by atoms with van der Waals surface area (Å²) in [6.45, 7) is 0. The fraction of sp³-hybridized carbons (Fsp3) is 0.250. The molecule has 0 N–H and O–H groups in total. The molecule has 0 aliphatic rings. The molecule has 0 spiro atoms. The van der Waals surface area contributed by atoms with E-state index >= 15 is 0 Å². The highest BCUT2D eigenvalue weighted by Gasteiger charge is 1.88. The number of imidazole rings is 1. The predicted molar refractivity (Wildman–Crippen MR) is 43.8 cm³/mol. The smallest absolute Gasteiger partial charge is 0.317 e. The van der Waals surface area contributed by atoms with Crippen LogP contribution in [0.25, 0.3) is 0 Å². The van der Waals surface area contributed by atoms with Gasteiger partial charge in [-0.25, -0.2) is 4.98 Å². The van der Waals surface area contributed by atoms with Gasteiger partial charge in [0.1, 0.15) is 0 Å². The van der Waals surface area contributed by atoms with Gasteiger partial charge in [-0.3, -0.25) is 0 Å². The summed E-state index contributed by atoms with van der Waals surface area (Å²) in [7, 11) is 6.75. The molecule has 11 heavy (non-hydrogen) atoms. The normalized spacial score (nSPS) is 10.1. The largest absolute Gasteiger partial charge is 0.341 e. The molecule has 1 aromatic rings. The van der Waals surface area contributed by atoms with Gasteiger partial charge in [0.05, 0.1) is 6.33 Å². The third-order valence-electron chi connectivity index (χ3n) is 0.637. The molecule has 1 rings (SSSR count). The van der Waals surface area contributed by atoms with Crippen LogP contribution in [0.1, 0.15) is 0 Å². The average Bonchev–Trinajstić information content (AvgIpc) is 2.12. The van der Waals surface area contributed by atoms with E-state index in [0.717, 1.165) is 0 Å². The molecule has 0 unspecified atom stereocenters. The van der Waals surface area contributed by atoms with E-state index in [1.165, 1.54) is 0 Å². The van der Waals surface area contributed by atoms with E-state index in [1.807, 2.05) is 17.8 Å². The SMILES string of the molecule is Cn1ccnc1.O=S(=O)(Cl)Cl. The standard InChI is InChI=1S/C4H6N2.Cl2O2S/c1-6-3-2-5-4-6;1-5(2,3)4/h2-4H,1H3;. The monoisotopic (exact) mass is 216 g/mol. The Morgan fingerprint density at radius 1 is 1.45 bits per heavy atom. The van der Waals surface area contributed by atoms with Crippen LogP contribution in [0.3, 0.4) is 0 Å². The third-order valence-corrected chi connectivity index (χ3v) is 0.637. The Labute approximate surface area is 73.7 Å². The summed E-state index contributed by atoms with van der Waals surface area (Å²) in [6, 6.07) is 0. The summed E-state index contributed by atoms with van der Waals surface area (Å²) in [5.41, 5.74) is 0. The third kappa shape index (κ3) is 12.8. The maximum Gasteiger partial charge on any atom is 0.317 e. The first kappa shape index (κ1) is 10.7. The molecule has 0 fully saturated rings. The van der Waals surface area contributed by atoms with Gasteiger partial charge in [0.15, 0.2) is 0 Å². The molecular formula is C4H6Cl2N2O2S. The van der Waals surface area contributed by atoms with Crippen LogP contribution in [0.4, 0.5) is 0 Å². The van der Waals surface area contributed by atoms with Crippen LogP contribution in [0.15, 0.2) is 18.7 Å². The highest BCUT2D eigenvalue weighted by Crippen LogP contribution is 1.98. The Hall–Kier alpha value is -0.260. The highest BCUT2D eigenvalue weighted by atomic mass is 36.0. The van der Waals surface area contributed by atoms with Crippen molar-refractivity contribution in [2.24, 2.45) is 7.05 Å². The Morgan fingerprint density at radius 2 is 1.91 bits per heavy atom. The molecule has 0 atom stereocenters. The van der Waals surface area contributed by atoms with E-state index < -0.39 is 8.26 Å². The summed E-state index contributed by atoms with van der Waals surface area (Å²) in [4.78, 5) is 3.78. The molecule has 0 bridgehead atoms. The average molecular weight is 217 g/mol. The van der Waals surface area contributed by atoms with Crippen molar-refractivity contribution in [3.63, 3.8) is 0 Å². The topological polar surface area (TPSA) is 52.0 Å². The first-order valence-corrected chi connectivity index (χ1v) is 5.59. The maximum absolute atomic E-state index is 9.16. The first-order valence-electron chi connectivity index (χ1n) is 2.46. The van der Waals surface area contributed by atoms with E-state index in [0.29, 0.717) is 0 Å². The molecule has 4 nitrogen and oxygen atoms in total. The Morgan fingerprint density at radius 3 is 2.00 bits per heavy atom. The lowest BCUT2D eigenvalue weighted by Crippen LogP contribution is -1.76. The molecular weight excluding hydrogens is 211 g/mol. The van der Waals surface area contributed by atoms with Crippen LogP contribution >= 0.6 is 21.4 Å². The molecule has 1 aromatic heterocycles. The van der Waals surface area contributed by atoms with Crippen LogP contribution in [0.2, 0.25) is 0 Å². The van der Waals surface area contributed by atoms with Crippen molar-refractivity contribution >= 4 is 29.6 Å². The predicted octanol–water partition coefficient (Wildman–Crippen LogP) is 1.13. The van der Waals surface area contributed by atoms with Crippen LogP contribution < -0.4 is 0 Å². The summed E-state index contributed by atoms with van der Waals surface area (Å²) in [5, 5.41) is 0. The van der Waals surface area contributed by atoms with Gasteiger partial charge in [-0.05, 0) is 0 Å². The van der Waals surface area contributed by atoms with E-state index in [-0.39, 0.29) is 0 Å². The van der Waals surface area contributed by atoms with E-state index in [4.69, 9.17) is 8.42 Å². The van der Waals surface area contributed by atoms with Gasteiger partial charge in [-0.1, -0.05) is 0 Å². The van der Waals surface area contributed by atoms with Crippen molar-refractivity contribution in [3.05, 3.63) is 18.7 Å². The van der Waals surface area contributed by atoms with Crippen molar-refractivity contribution in [1.29, 1.82) is 0 Å². The molecule has 0 aliphatic heterocycles. The molecule has 0 radical (unpaired) electrons. The Bertz CT molecular complexity index is 273. The minimum Gasteiger partial charge on any atom is -0.341 e. The molecule has 64 valence electrons. The van der Waals surface area contributed by atoms with Crippen LogP contribution in [0, 0.1) is 0 Å². The summed E-state index contributed by atoms with van der Waals surface area (Å²) < 4.78 is 20.2. The number of aryl methyl sites for hydroxylation is 1. The highest BCUT2D eigenvalue weighted by molar-refractivity contribution is 8.31. The van der Waals surface area contributed by atoms with Crippen molar-refractivity contribution in [3.8, 4) is 0 Å². The van der Waals surface area contributed by atoms with Gasteiger partial charge in [-0.15, -0.1) is 0 Å². The van der Waals surface area contributed by atoms with Gasteiger partial charge >= 0.3 is 8.26 Å². The van der Waals surface area contributed by atoms with Crippen molar-refractivity contribution in [2.75, 3.05) is 0 Å². The summed E-state index contributed by atoms with van der Waals surface area (Å²) in [6.07, 6.45) is 5.39. The minimum atomic E-state index is -3.72. The number of nitrogens with zero attached hydrogens (tertiary/aromatic N) is 2. The van der Waals surface area contributed by atoms with E-state index in [2.05, 4.69) is 26.3 Å². The molecule has 0 aromatic carbocycles. The van der Waals surface area contributed by atoms with E-state index in [9.17, 15) is 0 Å². The second-order valence-electron chi connectivity index (χ2n) is 1.61. The maximum atomic E-state index is 9.16. The fourth-order valence-corrected chi connectivity index (χ4v) is 0.326. The first-order chi connectivity index (χ1) is 4.89. The van der Waals surface area contributed by atoms with Crippen molar-refractivity contribution in [2.45, 2.75) is 0 Å². The zero-order chi connectivity index (χ0) is 8.91. The Kier molecular flexibility index (Phi) is 4.48. The van der Waals surface area contributed by atoms with E-state index in [1.54, 1.807) is 12.5 Å². The van der Waals surface area contributed by atoms with Crippen LogP contribution in [-0.2, 0) is 15.3 Å². The molecule has 0 aliphatic carbocycles. The lowest BCUT2D eigenvalue weighted by molar-refractivity contribution is 0.621. The summed E-state index contributed by atoms with van der Waals surface area (Å²) >= 11 is 0. The summed E-state index contributed by atoms with van der Waals surface area (Å²) in [5.74, 6) is 0. The van der Waals surface area contributed by atoms with Crippen molar-refractivity contribution < 1.29 is 8.42 Å². The number of halogens is 2. The second kappa shape index (κ2) is 4.58. The van der Waals surface area contributed by atoms with Crippen LogP contribution in [0.5, 0.6) is 0 Å². The fourth-order valence-electron chi connectivity index (χ4n) is 0.326. The van der Waals surface area contributed by atoms with Gasteiger partial charge in [-0.2, -0.15) is 8.42 Å². The molecule has 7 heteroatoms. The lowest BCUT2D eigenvalue weighted by atomic mass is 10.9. The number of aromatic nitrogens is 2. The van der Waals surface area contributed by atoms with Crippen LogP contribution in [-0.4, -0.2) is 18.0 Å². The molecule has 0 saturated carbocycles. The molecule has 0 amide bonds. The van der Waals surface area contributed by atoms with Crippen molar-refractivity contribution in [1.82, 2.24) is 9.55 Å². The minimum absolute atomic E-state index is 1.75. The second-order valence-corrected chi connectivity index (χ2v) is 5.27. The van der Waals surface area contributed by atoms with Gasteiger partial charge in [0.25, 0.3) is 0 Å². The van der Waals surface area contributed by atoms with Gasteiger partial charge < -0.3 is 4.57 Å². The zero-order valence-electron chi connectivity index (χ0n) is 5.61. The quantitative estimate of drug-likeness (QED) is 0.612. The zero-order valence-corrected chi connectivity index (χ0v) is 7.94. The number of rotatable bonds is 0. The molecule has 1 heterocycles. The number of hydrogen-bond acceptors (Lipinski definition) is 3. The number of hydrogen-bond donors (Lipinski definition) is 0. The molecule has 0 saturated heterocycles.